The van der Waals surface area contributed by atoms with Crippen molar-refractivity contribution in [2.45, 2.75) is 6.54 Å². The van der Waals surface area contributed by atoms with Gasteiger partial charge in [0.25, 0.3) is 0 Å². The van der Waals surface area contributed by atoms with E-state index in [0.717, 1.165) is 17.0 Å². The number of hydrogen-bond donors (Lipinski definition) is 1. The van der Waals surface area contributed by atoms with Gasteiger partial charge in [-0.15, -0.1) is 10.2 Å². The van der Waals surface area contributed by atoms with Crippen LogP contribution in [0.1, 0.15) is 5.89 Å². The van der Waals surface area contributed by atoms with Crippen molar-refractivity contribution >= 4 is 17.3 Å². The van der Waals surface area contributed by atoms with Crippen LogP contribution < -0.4 is 14.8 Å². The lowest BCUT2D eigenvalue weighted by Crippen LogP contribution is -2.02. The Kier molecular flexibility index (Phi) is 4.86. The molecule has 0 saturated carbocycles. The summed E-state index contributed by atoms with van der Waals surface area (Å²) in [4.78, 5) is 0. The molecule has 0 fully saturated rings. The van der Waals surface area contributed by atoms with E-state index in [-0.39, 0.29) is 0 Å². The third kappa shape index (κ3) is 3.60. The van der Waals surface area contributed by atoms with Crippen molar-refractivity contribution in [3.05, 3.63) is 53.4 Å². The van der Waals surface area contributed by atoms with Crippen molar-refractivity contribution in [3.63, 3.8) is 0 Å². The van der Waals surface area contributed by atoms with Gasteiger partial charge in [0.15, 0.2) is 0 Å². The zero-order valence-electron chi connectivity index (χ0n) is 13.2. The lowest BCUT2D eigenvalue weighted by molar-refractivity contribution is 0.395. The minimum Gasteiger partial charge on any atom is -0.497 e. The lowest BCUT2D eigenvalue weighted by atomic mass is 10.2. The average Bonchev–Trinajstić information content (AvgIpc) is 3.09. The first-order valence-corrected chi connectivity index (χ1v) is 7.61. The third-order valence-corrected chi connectivity index (χ3v) is 3.65. The summed E-state index contributed by atoms with van der Waals surface area (Å²) in [5.41, 5.74) is 1.63. The number of aromatic nitrogens is 2. The summed E-state index contributed by atoms with van der Waals surface area (Å²) >= 11 is 5.87. The molecule has 0 aliphatic heterocycles. The molecule has 1 heterocycles. The van der Waals surface area contributed by atoms with E-state index in [1.807, 2.05) is 24.3 Å². The summed E-state index contributed by atoms with van der Waals surface area (Å²) in [5.74, 6) is 2.31. The van der Waals surface area contributed by atoms with Crippen LogP contribution in [0.2, 0.25) is 5.02 Å². The number of nitrogens with zero attached hydrogens (tertiary/aromatic N) is 2. The fraction of sp³-hybridized carbons (Fsp3) is 0.176. The smallest absolute Gasteiger partial charge is 0.247 e. The fourth-order valence-electron chi connectivity index (χ4n) is 2.15. The maximum Gasteiger partial charge on any atom is 0.247 e. The van der Waals surface area contributed by atoms with Gasteiger partial charge in [0.2, 0.25) is 11.8 Å². The Bertz CT molecular complexity index is 818. The SMILES string of the molecule is COc1ccc(NCc2nnc(-c3ccc(Cl)cc3)o2)c(OC)c1. The Hall–Kier alpha value is -2.73. The zero-order chi connectivity index (χ0) is 16.9. The van der Waals surface area contributed by atoms with Crippen molar-refractivity contribution in [2.24, 2.45) is 0 Å². The van der Waals surface area contributed by atoms with E-state index in [1.165, 1.54) is 0 Å². The van der Waals surface area contributed by atoms with Crippen LogP contribution in [-0.2, 0) is 6.54 Å². The molecule has 0 amide bonds. The number of rotatable bonds is 6. The molecule has 7 heteroatoms. The molecule has 6 nitrogen and oxygen atoms in total. The second-order valence-corrected chi connectivity index (χ2v) is 5.36. The number of halogens is 1. The molecular weight excluding hydrogens is 330 g/mol. The fourth-order valence-corrected chi connectivity index (χ4v) is 2.28. The van der Waals surface area contributed by atoms with E-state index >= 15 is 0 Å². The minimum absolute atomic E-state index is 0.378. The van der Waals surface area contributed by atoms with Crippen LogP contribution in [0.4, 0.5) is 5.69 Å². The summed E-state index contributed by atoms with van der Waals surface area (Å²) in [7, 11) is 3.21. The van der Waals surface area contributed by atoms with Crippen LogP contribution >= 0.6 is 11.6 Å². The largest absolute Gasteiger partial charge is 0.497 e. The lowest BCUT2D eigenvalue weighted by Gasteiger charge is -2.11. The number of ether oxygens (including phenoxy) is 2. The molecule has 2 aromatic carbocycles. The van der Waals surface area contributed by atoms with Gasteiger partial charge in [-0.2, -0.15) is 0 Å². The summed E-state index contributed by atoms with van der Waals surface area (Å²) in [6, 6.07) is 12.7. The van der Waals surface area contributed by atoms with Crippen molar-refractivity contribution in [3.8, 4) is 23.0 Å². The van der Waals surface area contributed by atoms with Gasteiger partial charge in [-0.1, -0.05) is 11.6 Å². The molecule has 0 unspecified atom stereocenters. The van der Waals surface area contributed by atoms with E-state index < -0.39 is 0 Å². The van der Waals surface area contributed by atoms with Crippen molar-refractivity contribution in [1.29, 1.82) is 0 Å². The molecule has 0 spiro atoms. The first-order chi connectivity index (χ1) is 11.7. The number of anilines is 1. The molecule has 0 saturated heterocycles. The van der Waals surface area contributed by atoms with Crippen LogP contribution in [0.3, 0.4) is 0 Å². The van der Waals surface area contributed by atoms with Crippen LogP contribution in [0, 0.1) is 0 Å². The topological polar surface area (TPSA) is 69.4 Å². The Balaban J connectivity index is 1.70. The Morgan fingerprint density at radius 1 is 1.04 bits per heavy atom. The highest BCUT2D eigenvalue weighted by atomic mass is 35.5. The maximum atomic E-state index is 5.87. The predicted octanol–water partition coefficient (Wildman–Crippen LogP) is 4.02. The normalized spacial score (nSPS) is 10.5. The maximum absolute atomic E-state index is 5.87. The van der Waals surface area contributed by atoms with Crippen LogP contribution in [0.5, 0.6) is 11.5 Å². The van der Waals surface area contributed by atoms with Gasteiger partial charge in [0, 0.05) is 16.7 Å². The molecule has 24 heavy (non-hydrogen) atoms. The number of benzene rings is 2. The quantitative estimate of drug-likeness (QED) is 0.727. The van der Waals surface area contributed by atoms with Crippen LogP contribution in [0.25, 0.3) is 11.5 Å². The number of hydrogen-bond acceptors (Lipinski definition) is 6. The first kappa shape index (κ1) is 16.1. The van der Waals surface area contributed by atoms with E-state index in [0.29, 0.717) is 29.1 Å². The highest BCUT2D eigenvalue weighted by molar-refractivity contribution is 6.30. The molecule has 0 aliphatic carbocycles. The first-order valence-electron chi connectivity index (χ1n) is 7.24. The minimum atomic E-state index is 0.378. The van der Waals surface area contributed by atoms with E-state index in [1.54, 1.807) is 32.4 Å². The van der Waals surface area contributed by atoms with Crippen molar-refractivity contribution in [1.82, 2.24) is 10.2 Å². The van der Waals surface area contributed by atoms with Gasteiger partial charge in [-0.3, -0.25) is 0 Å². The summed E-state index contributed by atoms with van der Waals surface area (Å²) in [6.45, 7) is 0.378. The van der Waals surface area contributed by atoms with Crippen molar-refractivity contribution < 1.29 is 13.9 Å². The van der Waals surface area contributed by atoms with Gasteiger partial charge in [0.1, 0.15) is 11.5 Å². The standard InChI is InChI=1S/C17H16ClN3O3/c1-22-13-7-8-14(15(9-13)23-2)19-10-16-20-21-17(24-16)11-3-5-12(18)6-4-11/h3-9,19H,10H2,1-2H3. The van der Waals surface area contributed by atoms with Gasteiger partial charge in [-0.25, -0.2) is 0 Å². The molecule has 1 N–H and O–H groups in total. The second-order valence-electron chi connectivity index (χ2n) is 4.93. The van der Waals surface area contributed by atoms with Crippen LogP contribution in [-0.4, -0.2) is 24.4 Å². The number of methoxy groups -OCH3 is 2. The van der Waals surface area contributed by atoms with E-state index in [2.05, 4.69) is 15.5 Å². The Morgan fingerprint density at radius 3 is 2.54 bits per heavy atom. The summed E-state index contributed by atoms with van der Waals surface area (Å²) < 4.78 is 16.2. The van der Waals surface area contributed by atoms with Gasteiger partial charge >= 0.3 is 0 Å². The molecule has 0 aliphatic rings. The van der Waals surface area contributed by atoms with E-state index in [4.69, 9.17) is 25.5 Å². The molecule has 0 bridgehead atoms. The zero-order valence-corrected chi connectivity index (χ0v) is 14.0. The number of nitrogens with one attached hydrogen (secondary N) is 1. The molecule has 3 rings (SSSR count). The molecule has 0 radical (unpaired) electrons. The Labute approximate surface area is 144 Å². The molecule has 3 aromatic rings. The Morgan fingerprint density at radius 2 is 1.83 bits per heavy atom. The van der Waals surface area contributed by atoms with Gasteiger partial charge in [0.05, 0.1) is 26.5 Å². The molecule has 0 atom stereocenters. The summed E-state index contributed by atoms with van der Waals surface area (Å²) in [6.07, 6.45) is 0. The summed E-state index contributed by atoms with van der Waals surface area (Å²) in [5, 5.41) is 12.0. The monoisotopic (exact) mass is 345 g/mol. The molecular formula is C17H16ClN3O3. The van der Waals surface area contributed by atoms with E-state index in [9.17, 15) is 0 Å². The molecule has 1 aromatic heterocycles. The highest BCUT2D eigenvalue weighted by Gasteiger charge is 2.10. The highest BCUT2D eigenvalue weighted by Crippen LogP contribution is 2.29. The van der Waals surface area contributed by atoms with Gasteiger partial charge < -0.3 is 19.2 Å². The molecule has 124 valence electrons. The van der Waals surface area contributed by atoms with Crippen molar-refractivity contribution in [2.75, 3.05) is 19.5 Å². The van der Waals surface area contributed by atoms with Gasteiger partial charge in [-0.05, 0) is 36.4 Å². The second kappa shape index (κ2) is 7.23. The van der Waals surface area contributed by atoms with Crippen LogP contribution in [0.15, 0.2) is 46.9 Å². The third-order valence-electron chi connectivity index (χ3n) is 3.40. The predicted molar refractivity (Wildman–Crippen MR) is 91.6 cm³/mol. The average molecular weight is 346 g/mol.